The second kappa shape index (κ2) is 102. The van der Waals surface area contributed by atoms with E-state index in [0.717, 1.165) is 74.8 Å². The van der Waals surface area contributed by atoms with Crippen molar-refractivity contribution in [3.8, 4) is 0 Å². The van der Waals surface area contributed by atoms with E-state index in [9.17, 15) is 0 Å². The van der Waals surface area contributed by atoms with Gasteiger partial charge in [0, 0.05) is 39.3 Å². The summed E-state index contributed by atoms with van der Waals surface area (Å²) in [7, 11) is 0. The van der Waals surface area contributed by atoms with Gasteiger partial charge in [-0.3, -0.25) is 0 Å². The van der Waals surface area contributed by atoms with Crippen LogP contribution in [0, 0.1) is 35.5 Å². The molecular weight excluding hydrogens is 1360 g/mol. The third-order valence-corrected chi connectivity index (χ3v) is 11.9. The van der Waals surface area contributed by atoms with Crippen LogP contribution in [0.1, 0.15) is 160 Å². The van der Waals surface area contributed by atoms with Gasteiger partial charge in [-0.05, 0) is 35.5 Å². The van der Waals surface area contributed by atoms with Crippen LogP contribution in [0.25, 0.3) is 0 Å². The van der Waals surface area contributed by atoms with Crippen molar-refractivity contribution in [2.45, 2.75) is 160 Å². The standard InChI is InChI=1S/6C7H15NS2.Mo.6OS/c6*1-3-6(4-2)5-8-7(9)10;;6*1-2/h6*6H,3-5H2,1-2H3,(H2,8,9,10);;;;;;;/q;;;;;;+6;;;;;;/p-6. The fraction of sp³-hybridized carbons (Fsp3) is 0.857. The maximum Gasteiger partial charge on any atom is 6.00 e. The van der Waals surface area contributed by atoms with Gasteiger partial charge in [0.1, 0.15) is 0 Å². The molecule has 0 aromatic rings. The maximum atomic E-state index is 7.83. The second-order valence-corrected chi connectivity index (χ2v) is 20.6. The number of nitrogens with one attached hydrogen (secondary N) is 6. The van der Waals surface area contributed by atoms with Crippen LogP contribution < -0.4 is 31.9 Å². The molecule has 0 radical (unpaired) electrons. The number of hydrogen-bond acceptors (Lipinski definition) is 24. The van der Waals surface area contributed by atoms with Crippen LogP contribution in [0.3, 0.4) is 0 Å². The van der Waals surface area contributed by atoms with Crippen LogP contribution in [-0.2, 0) is 172 Å². The van der Waals surface area contributed by atoms with Gasteiger partial charge in [-0.1, -0.05) is 186 Å². The average molecular weight is 1440 g/mol. The first kappa shape index (κ1) is 106. The van der Waals surface area contributed by atoms with Gasteiger partial charge >= 0.3 is 21.1 Å². The van der Waals surface area contributed by atoms with E-state index in [1.54, 1.807) is 0 Å². The number of rotatable bonds is 24. The molecule has 0 bridgehead atoms. The molecule has 12 nitrogen and oxygen atoms in total. The molecule has 31 heteroatoms. The molecule has 6 N–H and O–H groups in total. The van der Waals surface area contributed by atoms with E-state index < -0.39 is 0 Å². The molecule has 0 heterocycles. The Morgan fingerprint density at radius 1 is 0.247 bits per heavy atom. The van der Waals surface area contributed by atoms with Crippen LogP contribution in [0.5, 0.6) is 0 Å². The first-order valence-electron chi connectivity index (χ1n) is 22.9. The molecule has 0 saturated heterocycles. The van der Waals surface area contributed by atoms with Gasteiger partial charge in [-0.25, -0.2) is 0 Å². The molecular formula is C42H84MoN6O6S18. The van der Waals surface area contributed by atoms with Gasteiger partial charge < -0.3 is 181 Å². The van der Waals surface area contributed by atoms with E-state index in [1.165, 1.54) is 77.0 Å². The minimum atomic E-state index is 0. The van der Waals surface area contributed by atoms with Crippen molar-refractivity contribution in [3.63, 3.8) is 0 Å². The van der Waals surface area contributed by atoms with Crippen LogP contribution in [0.2, 0.25) is 0 Å². The largest absolute Gasteiger partial charge is 6.00 e. The van der Waals surface area contributed by atoms with Crippen molar-refractivity contribution in [1.29, 1.82) is 0 Å². The Kier molecular flexibility index (Phi) is 149. The Morgan fingerprint density at radius 3 is 0.356 bits per heavy atom. The molecule has 0 fully saturated rings. The molecule has 73 heavy (non-hydrogen) atoms. The summed E-state index contributed by atoms with van der Waals surface area (Å²) in [6.07, 6.45) is 14.4. The first-order chi connectivity index (χ1) is 34.2. The molecule has 0 unspecified atom stereocenters. The van der Waals surface area contributed by atoms with Gasteiger partial charge in [-0.15, -0.1) is 0 Å². The number of thiocarbonyl (C=S) groups is 6. The predicted octanol–water partition coefficient (Wildman–Crippen LogP) is 9.04. The zero-order valence-corrected chi connectivity index (χ0v) is 61.1. The predicted molar refractivity (Wildman–Crippen MR) is 361 cm³/mol. The fourth-order valence-corrected chi connectivity index (χ4v) is 5.83. The zero-order valence-electron chi connectivity index (χ0n) is 44.4. The Balaban J connectivity index is -0.0000000514. The maximum absolute atomic E-state index is 7.83. The van der Waals surface area contributed by atoms with Gasteiger partial charge in [0.25, 0.3) is 0 Å². The van der Waals surface area contributed by atoms with Crippen molar-refractivity contribution in [1.82, 2.24) is 31.9 Å². The summed E-state index contributed by atoms with van der Waals surface area (Å²) in [4.78, 5) is 0. The topological polar surface area (TPSA) is 175 Å². The Bertz CT molecular complexity index is 928. The monoisotopic (exact) mass is 1440 g/mol. The quantitative estimate of drug-likeness (QED) is 0.0307. The van der Waals surface area contributed by atoms with E-state index in [0.29, 0.717) is 25.9 Å². The molecule has 0 atom stereocenters. The molecule has 0 aromatic heterocycles. The Hall–Kier alpha value is 1.47. The van der Waals surface area contributed by atoms with Crippen molar-refractivity contribution in [2.24, 2.45) is 35.5 Å². The smallest absolute Gasteiger partial charge is 0.412 e. The normalized spacial score (nSPS) is 8.47. The molecule has 432 valence electrons. The van der Waals surface area contributed by atoms with E-state index in [2.05, 4.69) is 190 Å². The van der Waals surface area contributed by atoms with Gasteiger partial charge in [0.2, 0.25) is 0 Å². The molecule has 0 amide bonds. The summed E-state index contributed by atoms with van der Waals surface area (Å²) in [5.74, 6) is 4.34. The van der Waals surface area contributed by atoms with Crippen LogP contribution >= 0.6 is 73.3 Å². The van der Waals surface area contributed by atoms with Crippen LogP contribution in [0.4, 0.5) is 0 Å². The first-order valence-corrected chi connectivity index (χ1v) is 29.8. The molecule has 0 aliphatic carbocycles. The number of hydrogen-bond donors (Lipinski definition) is 6. The summed E-state index contributed by atoms with van der Waals surface area (Å²) in [5, 5.41) is 18.0. The fourth-order valence-electron chi connectivity index (χ4n) is 4.83. The molecule has 0 spiro atoms. The minimum absolute atomic E-state index is 0. The molecule has 0 aliphatic heterocycles. The summed E-state index contributed by atoms with van der Waals surface area (Å²) < 4.78 is 50.0. The SMILES string of the molecule is CCC(CC)CNC(=S)[S-].CCC(CC)CNC(=S)[S-].CCC(CC)CNC(=S)[S-].CCC(CC)CNC(=S)[S-].CCC(CC)CNC(=S)[S-].CCC(CC)CNC(=S)[S-].O=S.O=S.O=S.O=S.O=S.O=S.[Mo+6]. The Morgan fingerprint density at radius 2 is 0.315 bits per heavy atom. The van der Waals surface area contributed by atoms with E-state index in [-0.39, 0.29) is 21.1 Å². The molecule has 0 saturated carbocycles. The molecule has 0 rings (SSSR count). The summed E-state index contributed by atoms with van der Waals surface area (Å²) in [5.41, 5.74) is 0. The third-order valence-electron chi connectivity index (χ3n) is 10.1. The van der Waals surface area contributed by atoms with Crippen molar-refractivity contribution in [3.05, 3.63) is 0 Å². The summed E-state index contributed by atoms with van der Waals surface area (Å²) >= 11 is 73.6. The average Bonchev–Trinajstić information content (AvgIpc) is 3.40. The van der Waals surface area contributed by atoms with Gasteiger partial charge in [-0.2, -0.15) is 25.3 Å². The molecule has 0 aliphatic rings. The van der Waals surface area contributed by atoms with Crippen molar-refractivity contribution in [2.75, 3.05) is 39.3 Å². The molecule has 0 aromatic carbocycles. The summed E-state index contributed by atoms with van der Waals surface area (Å²) in [6.45, 7) is 31.8. The van der Waals surface area contributed by atoms with Crippen molar-refractivity contribution < 1.29 is 46.3 Å². The van der Waals surface area contributed by atoms with Crippen LogP contribution in [0.15, 0.2) is 0 Å². The summed E-state index contributed by atoms with van der Waals surface area (Å²) in [6, 6.07) is 0. The van der Waals surface area contributed by atoms with Gasteiger partial charge in [0.15, 0.2) is 75.2 Å². The second-order valence-electron chi connectivity index (χ2n) is 14.1. The van der Waals surface area contributed by atoms with Gasteiger partial charge in [0.05, 0.1) is 0 Å². The third kappa shape index (κ3) is 122. The Labute approximate surface area is 556 Å². The van der Waals surface area contributed by atoms with Crippen molar-refractivity contribution >= 4 is 250 Å². The van der Waals surface area contributed by atoms with Crippen LogP contribution in [-0.4, -0.2) is 90.4 Å². The van der Waals surface area contributed by atoms with E-state index >= 15 is 0 Å². The zero-order chi connectivity index (χ0) is 59.9. The van der Waals surface area contributed by atoms with E-state index in [4.69, 9.17) is 174 Å². The minimum Gasteiger partial charge on any atom is -0.412 e. The van der Waals surface area contributed by atoms with E-state index in [1.807, 2.05) is 0 Å².